The number of nitro groups is 1. The van der Waals surface area contributed by atoms with Gasteiger partial charge in [0.2, 0.25) is 10.0 Å². The molecule has 0 N–H and O–H groups in total. The summed E-state index contributed by atoms with van der Waals surface area (Å²) in [5, 5.41) is 11.0. The Morgan fingerprint density at radius 2 is 1.83 bits per heavy atom. The summed E-state index contributed by atoms with van der Waals surface area (Å²) in [6, 6.07) is 3.56. The van der Waals surface area contributed by atoms with E-state index in [4.69, 9.17) is 11.6 Å². The third-order valence-corrected chi connectivity index (χ3v) is 7.20. The van der Waals surface area contributed by atoms with Crippen LogP contribution in [0.15, 0.2) is 23.1 Å². The molecule has 156 valence electrons. The summed E-state index contributed by atoms with van der Waals surface area (Å²) in [6.45, 7) is 7.40. The predicted molar refractivity (Wildman–Crippen MR) is 110 cm³/mol. The number of aryl methyl sites for hydroxylation is 2. The Hall–Kier alpha value is -2.30. The third kappa shape index (κ3) is 4.34. The van der Waals surface area contributed by atoms with E-state index in [0.717, 1.165) is 23.1 Å². The lowest BCUT2D eigenvalue weighted by Crippen LogP contribution is -2.35. The Labute approximate surface area is 174 Å². The molecule has 0 unspecified atom stereocenters. The van der Waals surface area contributed by atoms with Crippen molar-refractivity contribution in [2.24, 2.45) is 0 Å². The molecule has 0 atom stereocenters. The first-order valence-electron chi connectivity index (χ1n) is 9.12. The molecule has 1 aromatic heterocycles. The lowest BCUT2D eigenvalue weighted by Gasteiger charge is -2.24. The van der Waals surface area contributed by atoms with E-state index in [2.05, 4.69) is 14.9 Å². The second-order valence-electron chi connectivity index (χ2n) is 6.92. The molecule has 9 nitrogen and oxygen atoms in total. The van der Waals surface area contributed by atoms with E-state index in [9.17, 15) is 18.5 Å². The minimum absolute atomic E-state index is 0.0963. The smallest absolute Gasteiger partial charge is 0.289 e. The molecule has 3 rings (SSSR count). The highest BCUT2D eigenvalue weighted by atomic mass is 35.5. The largest absolute Gasteiger partial charge is 0.355 e. The van der Waals surface area contributed by atoms with Crippen molar-refractivity contribution in [2.75, 3.05) is 31.1 Å². The van der Waals surface area contributed by atoms with Gasteiger partial charge in [0.05, 0.1) is 9.82 Å². The standard InChI is InChI=1S/C18H22ClN5O4S/c1-12-13(2)20-14(3)21-18(12)22-7-4-8-23(10-9-22)29(27,28)15-5-6-16(19)17(11-15)24(25)26/h5-6,11H,4,7-10H2,1-3H3. The molecule has 0 radical (unpaired) electrons. The fourth-order valence-corrected chi connectivity index (χ4v) is 5.02. The lowest BCUT2D eigenvalue weighted by atomic mass is 10.2. The van der Waals surface area contributed by atoms with Crippen molar-refractivity contribution in [2.45, 2.75) is 32.1 Å². The first-order valence-corrected chi connectivity index (χ1v) is 10.9. The molecular weight excluding hydrogens is 418 g/mol. The van der Waals surface area contributed by atoms with Crippen molar-refractivity contribution in [3.8, 4) is 0 Å². The van der Waals surface area contributed by atoms with Crippen LogP contribution in [0, 0.1) is 30.9 Å². The second-order valence-corrected chi connectivity index (χ2v) is 9.26. The summed E-state index contributed by atoms with van der Waals surface area (Å²) in [5.41, 5.74) is 1.45. The number of hydrogen-bond donors (Lipinski definition) is 0. The van der Waals surface area contributed by atoms with Gasteiger partial charge in [0.1, 0.15) is 16.7 Å². The normalized spacial score (nSPS) is 15.9. The molecule has 2 heterocycles. The van der Waals surface area contributed by atoms with Crippen LogP contribution in [0.3, 0.4) is 0 Å². The minimum atomic E-state index is -3.88. The van der Waals surface area contributed by atoms with Gasteiger partial charge in [-0.25, -0.2) is 18.4 Å². The van der Waals surface area contributed by atoms with Crippen LogP contribution < -0.4 is 4.90 Å². The van der Waals surface area contributed by atoms with Crippen LogP contribution in [-0.4, -0.2) is 53.8 Å². The molecule has 0 amide bonds. The second kappa shape index (κ2) is 8.21. The Bertz CT molecular complexity index is 1060. The van der Waals surface area contributed by atoms with Gasteiger partial charge in [-0.2, -0.15) is 4.31 Å². The monoisotopic (exact) mass is 439 g/mol. The average molecular weight is 440 g/mol. The fourth-order valence-electron chi connectivity index (χ4n) is 3.35. The molecule has 1 aliphatic rings. The summed E-state index contributed by atoms with van der Waals surface area (Å²) in [7, 11) is -3.88. The topological polar surface area (TPSA) is 110 Å². The van der Waals surface area contributed by atoms with E-state index in [1.807, 2.05) is 20.8 Å². The van der Waals surface area contributed by atoms with E-state index in [1.165, 1.54) is 16.4 Å². The van der Waals surface area contributed by atoms with Gasteiger partial charge in [-0.15, -0.1) is 0 Å². The number of nitro benzene ring substituents is 1. The number of sulfonamides is 1. The van der Waals surface area contributed by atoms with E-state index >= 15 is 0 Å². The van der Waals surface area contributed by atoms with Crippen molar-refractivity contribution in [3.63, 3.8) is 0 Å². The lowest BCUT2D eigenvalue weighted by molar-refractivity contribution is -0.384. The molecule has 1 aliphatic heterocycles. The molecule has 0 spiro atoms. The van der Waals surface area contributed by atoms with E-state index in [0.29, 0.717) is 31.9 Å². The molecule has 2 aromatic rings. The van der Waals surface area contributed by atoms with Gasteiger partial charge in [-0.3, -0.25) is 10.1 Å². The van der Waals surface area contributed by atoms with Crippen molar-refractivity contribution in [1.29, 1.82) is 0 Å². The highest BCUT2D eigenvalue weighted by molar-refractivity contribution is 7.89. The average Bonchev–Trinajstić information content (AvgIpc) is 2.91. The number of halogens is 1. The Kier molecular flexibility index (Phi) is 6.06. The Balaban J connectivity index is 1.86. The molecule has 1 aromatic carbocycles. The van der Waals surface area contributed by atoms with Crippen molar-refractivity contribution >= 4 is 33.1 Å². The fraction of sp³-hybridized carbons (Fsp3) is 0.444. The highest BCUT2D eigenvalue weighted by Crippen LogP contribution is 2.29. The molecule has 1 fully saturated rings. The molecular formula is C18H22ClN5O4S. The van der Waals surface area contributed by atoms with Crippen LogP contribution in [0.4, 0.5) is 11.5 Å². The Morgan fingerprint density at radius 3 is 2.52 bits per heavy atom. The molecule has 29 heavy (non-hydrogen) atoms. The number of rotatable bonds is 4. The molecule has 0 aliphatic carbocycles. The summed E-state index contributed by atoms with van der Waals surface area (Å²) >= 11 is 5.81. The van der Waals surface area contributed by atoms with E-state index in [1.54, 1.807) is 0 Å². The summed E-state index contributed by atoms with van der Waals surface area (Å²) in [4.78, 5) is 21.3. The zero-order valence-electron chi connectivity index (χ0n) is 16.4. The third-order valence-electron chi connectivity index (χ3n) is 4.98. The number of anilines is 1. The maximum absolute atomic E-state index is 13.1. The minimum Gasteiger partial charge on any atom is -0.355 e. The van der Waals surface area contributed by atoms with Gasteiger partial charge < -0.3 is 4.90 Å². The quantitative estimate of drug-likeness (QED) is 0.532. The van der Waals surface area contributed by atoms with Crippen LogP contribution in [0.5, 0.6) is 0 Å². The van der Waals surface area contributed by atoms with Gasteiger partial charge >= 0.3 is 0 Å². The van der Waals surface area contributed by atoms with Crippen LogP contribution in [-0.2, 0) is 10.0 Å². The summed E-state index contributed by atoms with van der Waals surface area (Å²) in [5.74, 6) is 1.49. The van der Waals surface area contributed by atoms with Gasteiger partial charge in [0, 0.05) is 43.5 Å². The first-order chi connectivity index (χ1) is 13.6. The predicted octanol–water partition coefficient (Wildman–Crippen LogP) is 2.86. The molecule has 1 saturated heterocycles. The van der Waals surface area contributed by atoms with E-state index < -0.39 is 20.6 Å². The molecule has 0 saturated carbocycles. The van der Waals surface area contributed by atoms with Crippen molar-refractivity contribution in [1.82, 2.24) is 14.3 Å². The highest BCUT2D eigenvalue weighted by Gasteiger charge is 2.29. The first kappa shape index (κ1) is 21.4. The van der Waals surface area contributed by atoms with Crippen LogP contribution in [0.25, 0.3) is 0 Å². The van der Waals surface area contributed by atoms with Crippen LogP contribution in [0.1, 0.15) is 23.5 Å². The van der Waals surface area contributed by atoms with Crippen LogP contribution in [0.2, 0.25) is 5.02 Å². The summed E-state index contributed by atoms with van der Waals surface area (Å²) < 4.78 is 27.5. The number of hydrogen-bond acceptors (Lipinski definition) is 7. The zero-order chi connectivity index (χ0) is 21.3. The number of benzene rings is 1. The van der Waals surface area contributed by atoms with Gasteiger partial charge in [-0.05, 0) is 39.3 Å². The maximum atomic E-state index is 13.1. The van der Waals surface area contributed by atoms with Crippen molar-refractivity contribution < 1.29 is 13.3 Å². The van der Waals surface area contributed by atoms with Crippen molar-refractivity contribution in [3.05, 3.63) is 50.4 Å². The number of nitrogens with zero attached hydrogens (tertiary/aromatic N) is 5. The van der Waals surface area contributed by atoms with Gasteiger partial charge in [0.15, 0.2) is 0 Å². The molecule has 0 bridgehead atoms. The zero-order valence-corrected chi connectivity index (χ0v) is 18.0. The van der Waals surface area contributed by atoms with Crippen LogP contribution >= 0.6 is 11.6 Å². The van der Waals surface area contributed by atoms with Gasteiger partial charge in [0.25, 0.3) is 5.69 Å². The van der Waals surface area contributed by atoms with Gasteiger partial charge in [-0.1, -0.05) is 11.6 Å². The Morgan fingerprint density at radius 1 is 1.10 bits per heavy atom. The van der Waals surface area contributed by atoms with E-state index in [-0.39, 0.29) is 16.5 Å². The SMILES string of the molecule is Cc1nc(C)c(C)c(N2CCCN(S(=O)(=O)c3ccc(Cl)c([N+](=O)[O-])c3)CC2)n1. The number of aromatic nitrogens is 2. The molecule has 11 heteroatoms. The summed E-state index contributed by atoms with van der Waals surface area (Å²) in [6.07, 6.45) is 0.608. The maximum Gasteiger partial charge on any atom is 0.289 e.